The van der Waals surface area contributed by atoms with Gasteiger partial charge < -0.3 is 10.2 Å². The Hall–Kier alpha value is -2.82. The van der Waals surface area contributed by atoms with Gasteiger partial charge in [0.15, 0.2) is 11.6 Å². The number of nitrogens with one attached hydrogen (secondary N) is 1. The van der Waals surface area contributed by atoms with E-state index in [9.17, 15) is 23.1 Å². The topological polar surface area (TPSA) is 121 Å². The Kier molecular flexibility index (Phi) is 6.27. The molecule has 164 valence electrons. The number of aliphatic hydroxyl groups is 2. The second-order valence-electron chi connectivity index (χ2n) is 7.17. The Bertz CT molecular complexity index is 1300. The lowest BCUT2D eigenvalue weighted by Gasteiger charge is -2.18. The van der Waals surface area contributed by atoms with Crippen molar-refractivity contribution in [3.8, 4) is 0 Å². The standard InChI is InChI=1S/C23H19NO6S2/c25-13-14(26)12-24-32(29,30)17-8-5-15(6-9-17)31-16-7-10-20-21(11-16)23(28)19-4-2-1-3-18(19)22(20)27/h1-11,14,24-26H,12-13H2. The molecule has 7 nitrogen and oxygen atoms in total. The van der Waals surface area contributed by atoms with Crippen LogP contribution in [0, 0.1) is 0 Å². The quantitative estimate of drug-likeness (QED) is 0.380. The van der Waals surface area contributed by atoms with E-state index in [4.69, 9.17) is 5.11 Å². The van der Waals surface area contributed by atoms with Gasteiger partial charge >= 0.3 is 0 Å². The largest absolute Gasteiger partial charge is 0.394 e. The van der Waals surface area contributed by atoms with Gasteiger partial charge in [-0.25, -0.2) is 13.1 Å². The molecule has 0 fully saturated rings. The maximum absolute atomic E-state index is 12.9. The van der Waals surface area contributed by atoms with Gasteiger partial charge in [-0.2, -0.15) is 0 Å². The van der Waals surface area contributed by atoms with Crippen LogP contribution in [-0.2, 0) is 10.0 Å². The Morgan fingerprint density at radius 2 is 1.38 bits per heavy atom. The highest BCUT2D eigenvalue weighted by Gasteiger charge is 2.29. The van der Waals surface area contributed by atoms with Crippen LogP contribution in [0.15, 0.2) is 81.4 Å². The van der Waals surface area contributed by atoms with E-state index in [-0.39, 0.29) is 23.0 Å². The van der Waals surface area contributed by atoms with Crippen LogP contribution in [0.3, 0.4) is 0 Å². The molecule has 3 aromatic carbocycles. The molecular weight excluding hydrogens is 450 g/mol. The third-order valence-electron chi connectivity index (χ3n) is 4.99. The summed E-state index contributed by atoms with van der Waals surface area (Å²) in [6.07, 6.45) is -1.18. The van der Waals surface area contributed by atoms with Gasteiger partial charge in [-0.05, 0) is 42.5 Å². The molecule has 32 heavy (non-hydrogen) atoms. The summed E-state index contributed by atoms with van der Waals surface area (Å²) in [5.41, 5.74) is 1.52. The van der Waals surface area contributed by atoms with Crippen LogP contribution in [0.25, 0.3) is 0 Å². The molecule has 0 aliphatic heterocycles. The molecule has 0 saturated heterocycles. The highest BCUT2D eigenvalue weighted by atomic mass is 32.2. The number of rotatable bonds is 7. The summed E-state index contributed by atoms with van der Waals surface area (Å²) in [4.78, 5) is 27.1. The van der Waals surface area contributed by atoms with Crippen molar-refractivity contribution in [2.45, 2.75) is 20.8 Å². The summed E-state index contributed by atoms with van der Waals surface area (Å²) in [7, 11) is -3.82. The van der Waals surface area contributed by atoms with E-state index in [0.717, 1.165) is 9.79 Å². The number of fused-ring (bicyclic) bond motifs is 2. The molecule has 0 spiro atoms. The zero-order valence-electron chi connectivity index (χ0n) is 16.7. The lowest BCUT2D eigenvalue weighted by Crippen LogP contribution is -2.33. The summed E-state index contributed by atoms with van der Waals surface area (Å²) >= 11 is 1.33. The van der Waals surface area contributed by atoms with Crippen LogP contribution < -0.4 is 4.72 Å². The van der Waals surface area contributed by atoms with Crippen molar-refractivity contribution in [3.63, 3.8) is 0 Å². The number of hydrogen-bond donors (Lipinski definition) is 3. The predicted octanol–water partition coefficient (Wildman–Crippen LogP) is 2.24. The van der Waals surface area contributed by atoms with Crippen molar-refractivity contribution in [2.24, 2.45) is 0 Å². The fraction of sp³-hybridized carbons (Fsp3) is 0.130. The minimum atomic E-state index is -3.82. The maximum Gasteiger partial charge on any atom is 0.240 e. The second kappa shape index (κ2) is 8.97. The molecule has 0 bridgehead atoms. The van der Waals surface area contributed by atoms with Gasteiger partial charge in [-0.15, -0.1) is 0 Å². The fourth-order valence-electron chi connectivity index (χ4n) is 3.32. The third kappa shape index (κ3) is 4.38. The number of sulfonamides is 1. The Balaban J connectivity index is 1.53. The summed E-state index contributed by atoms with van der Waals surface area (Å²) in [5.74, 6) is -0.379. The molecule has 1 aliphatic carbocycles. The summed E-state index contributed by atoms with van der Waals surface area (Å²) in [6, 6.07) is 17.9. The van der Waals surface area contributed by atoms with Crippen molar-refractivity contribution in [1.29, 1.82) is 0 Å². The normalized spacial score (nSPS) is 14.1. The molecule has 0 aromatic heterocycles. The first kappa shape index (κ1) is 22.4. The molecule has 9 heteroatoms. The number of ketones is 2. The minimum absolute atomic E-state index is 0.0230. The smallest absolute Gasteiger partial charge is 0.240 e. The first-order valence-electron chi connectivity index (χ1n) is 9.69. The SMILES string of the molecule is O=C1c2ccccc2C(=O)c2cc(Sc3ccc(S(=O)(=O)NCC(O)CO)cc3)ccc21. The average molecular weight is 470 g/mol. The maximum atomic E-state index is 12.9. The van der Waals surface area contributed by atoms with Gasteiger partial charge in [-0.3, -0.25) is 9.59 Å². The molecule has 0 saturated carbocycles. The van der Waals surface area contributed by atoms with Gasteiger partial charge in [0.2, 0.25) is 10.0 Å². The minimum Gasteiger partial charge on any atom is -0.394 e. The molecule has 3 N–H and O–H groups in total. The highest BCUT2D eigenvalue weighted by molar-refractivity contribution is 7.99. The van der Waals surface area contributed by atoms with E-state index >= 15 is 0 Å². The summed E-state index contributed by atoms with van der Waals surface area (Å²) in [6.45, 7) is -0.834. The van der Waals surface area contributed by atoms with Crippen molar-refractivity contribution in [2.75, 3.05) is 13.2 Å². The lowest BCUT2D eigenvalue weighted by molar-refractivity contribution is 0.0979. The van der Waals surface area contributed by atoms with Crippen LogP contribution in [0.5, 0.6) is 0 Å². The lowest BCUT2D eigenvalue weighted by atomic mass is 9.84. The van der Waals surface area contributed by atoms with Crippen LogP contribution >= 0.6 is 11.8 Å². The summed E-state index contributed by atoms with van der Waals surface area (Å²) < 4.78 is 26.8. The van der Waals surface area contributed by atoms with Crippen molar-refractivity contribution in [1.82, 2.24) is 4.72 Å². The molecule has 1 atom stereocenters. The van der Waals surface area contributed by atoms with Gasteiger partial charge in [0, 0.05) is 38.6 Å². The summed E-state index contributed by atoms with van der Waals surface area (Å²) in [5, 5.41) is 18.1. The molecule has 1 unspecified atom stereocenters. The molecule has 0 radical (unpaired) electrons. The van der Waals surface area contributed by atoms with E-state index in [1.54, 1.807) is 54.6 Å². The molecule has 4 rings (SSSR count). The van der Waals surface area contributed by atoms with Crippen LogP contribution in [0.2, 0.25) is 0 Å². The average Bonchev–Trinajstić information content (AvgIpc) is 2.81. The monoisotopic (exact) mass is 469 g/mol. The Labute approximate surface area is 189 Å². The highest BCUT2D eigenvalue weighted by Crippen LogP contribution is 2.33. The van der Waals surface area contributed by atoms with E-state index in [0.29, 0.717) is 22.3 Å². The molecule has 3 aromatic rings. The van der Waals surface area contributed by atoms with Crippen molar-refractivity contribution in [3.05, 3.63) is 89.0 Å². The van der Waals surface area contributed by atoms with Gasteiger partial charge in [-0.1, -0.05) is 36.0 Å². The molecule has 1 aliphatic rings. The van der Waals surface area contributed by atoms with E-state index < -0.39 is 22.7 Å². The first-order chi connectivity index (χ1) is 15.3. The van der Waals surface area contributed by atoms with E-state index in [2.05, 4.69) is 4.72 Å². The third-order valence-corrected chi connectivity index (χ3v) is 7.42. The van der Waals surface area contributed by atoms with Crippen LogP contribution in [0.1, 0.15) is 31.8 Å². The number of aliphatic hydroxyl groups excluding tert-OH is 2. The van der Waals surface area contributed by atoms with Gasteiger partial charge in [0.05, 0.1) is 17.6 Å². The molecule has 0 heterocycles. The molecular formula is C23H19NO6S2. The van der Waals surface area contributed by atoms with Crippen molar-refractivity contribution >= 4 is 33.4 Å². The van der Waals surface area contributed by atoms with E-state index in [1.807, 2.05) is 0 Å². The zero-order chi connectivity index (χ0) is 22.9. The zero-order valence-corrected chi connectivity index (χ0v) is 18.3. The number of carbonyl (C=O) groups excluding carboxylic acids is 2. The second-order valence-corrected chi connectivity index (χ2v) is 10.1. The first-order valence-corrected chi connectivity index (χ1v) is 12.0. The number of hydrogen-bond acceptors (Lipinski definition) is 7. The predicted molar refractivity (Wildman–Crippen MR) is 119 cm³/mol. The Morgan fingerprint density at radius 3 is 2.00 bits per heavy atom. The Morgan fingerprint density at radius 1 is 0.812 bits per heavy atom. The fourth-order valence-corrected chi connectivity index (χ4v) is 5.25. The number of carbonyl (C=O) groups is 2. The van der Waals surface area contributed by atoms with Gasteiger partial charge in [0.1, 0.15) is 0 Å². The van der Waals surface area contributed by atoms with Crippen LogP contribution in [0.4, 0.5) is 0 Å². The van der Waals surface area contributed by atoms with Gasteiger partial charge in [0.25, 0.3) is 0 Å². The number of benzene rings is 3. The van der Waals surface area contributed by atoms with E-state index in [1.165, 1.54) is 23.9 Å². The van der Waals surface area contributed by atoms with Crippen molar-refractivity contribution < 1.29 is 28.2 Å². The van der Waals surface area contributed by atoms with Crippen LogP contribution in [-0.4, -0.2) is 49.5 Å². The molecule has 0 amide bonds.